The van der Waals surface area contributed by atoms with Gasteiger partial charge in [0.2, 0.25) is 6.20 Å². The smallest absolute Gasteiger partial charge is 0.280 e. The fraction of sp³-hybridized carbons (Fsp3) is 0. The number of benzene rings is 1. The van der Waals surface area contributed by atoms with E-state index < -0.39 is 9.85 Å². The van der Waals surface area contributed by atoms with Crippen LogP contribution in [0.3, 0.4) is 0 Å². The van der Waals surface area contributed by atoms with E-state index in [1.807, 2.05) is 0 Å². The predicted octanol–water partition coefficient (Wildman–Crippen LogP) is 3.10. The standard InChI is InChI=1S/C12H8N2O5/c15-13(16)8-7-9-5-6-12(19-9)10-3-1-2-4-11(10)14(17)18/h1-8H. The summed E-state index contributed by atoms with van der Waals surface area (Å²) in [4.78, 5) is 19.9. The Kier molecular flexibility index (Phi) is 3.37. The van der Waals surface area contributed by atoms with Gasteiger partial charge in [-0.15, -0.1) is 0 Å². The van der Waals surface area contributed by atoms with Gasteiger partial charge in [0.15, 0.2) is 0 Å². The van der Waals surface area contributed by atoms with Crippen LogP contribution in [0.2, 0.25) is 0 Å². The summed E-state index contributed by atoms with van der Waals surface area (Å²) in [7, 11) is 0. The molecule has 0 N–H and O–H groups in total. The summed E-state index contributed by atoms with van der Waals surface area (Å²) in [6.07, 6.45) is 1.92. The molecule has 0 radical (unpaired) electrons. The molecule has 0 saturated carbocycles. The molecule has 0 bridgehead atoms. The molecule has 0 fully saturated rings. The molecule has 96 valence electrons. The predicted molar refractivity (Wildman–Crippen MR) is 66.8 cm³/mol. The molecule has 0 saturated heterocycles. The van der Waals surface area contributed by atoms with Crippen molar-refractivity contribution in [2.75, 3.05) is 0 Å². The monoisotopic (exact) mass is 260 g/mol. The number of nitro benzene ring substituents is 1. The Labute approximate surface area is 107 Å². The second-order valence-corrected chi connectivity index (χ2v) is 3.58. The lowest BCUT2D eigenvalue weighted by molar-refractivity contribution is -0.401. The van der Waals surface area contributed by atoms with E-state index >= 15 is 0 Å². The van der Waals surface area contributed by atoms with Gasteiger partial charge in [0.25, 0.3) is 5.69 Å². The van der Waals surface area contributed by atoms with Crippen LogP contribution < -0.4 is 0 Å². The molecule has 1 heterocycles. The van der Waals surface area contributed by atoms with Crippen LogP contribution in [0.5, 0.6) is 0 Å². The van der Waals surface area contributed by atoms with Crippen LogP contribution in [-0.4, -0.2) is 9.85 Å². The first-order valence-corrected chi connectivity index (χ1v) is 5.23. The zero-order valence-electron chi connectivity index (χ0n) is 9.55. The van der Waals surface area contributed by atoms with Crippen LogP contribution in [0.25, 0.3) is 17.4 Å². The number of nitrogens with zero attached hydrogens (tertiary/aromatic N) is 2. The third kappa shape index (κ3) is 2.83. The summed E-state index contributed by atoms with van der Waals surface area (Å²) >= 11 is 0. The molecule has 2 aromatic rings. The van der Waals surface area contributed by atoms with Crippen molar-refractivity contribution in [3.63, 3.8) is 0 Å². The highest BCUT2D eigenvalue weighted by molar-refractivity contribution is 5.70. The molecule has 1 aromatic carbocycles. The first-order chi connectivity index (χ1) is 9.08. The summed E-state index contributed by atoms with van der Waals surface area (Å²) in [5.74, 6) is 0.542. The highest BCUT2D eigenvalue weighted by Crippen LogP contribution is 2.30. The number of para-hydroxylation sites is 1. The van der Waals surface area contributed by atoms with Crippen LogP contribution in [-0.2, 0) is 0 Å². The molecule has 7 nitrogen and oxygen atoms in total. The zero-order valence-corrected chi connectivity index (χ0v) is 9.55. The van der Waals surface area contributed by atoms with E-state index in [4.69, 9.17) is 4.42 Å². The molecule has 0 atom stereocenters. The Morgan fingerprint density at radius 2 is 1.79 bits per heavy atom. The number of rotatable bonds is 4. The Balaban J connectivity index is 2.38. The van der Waals surface area contributed by atoms with Crippen molar-refractivity contribution in [2.24, 2.45) is 0 Å². The van der Waals surface area contributed by atoms with Crippen LogP contribution >= 0.6 is 0 Å². The maximum absolute atomic E-state index is 10.9. The zero-order chi connectivity index (χ0) is 13.8. The molecular weight excluding hydrogens is 252 g/mol. The SMILES string of the molecule is O=[N+]([O-])C=Cc1ccc(-c2ccccc2[N+](=O)[O-])o1. The average Bonchev–Trinajstić information content (AvgIpc) is 2.85. The Bertz CT molecular complexity index is 660. The topological polar surface area (TPSA) is 99.4 Å². The fourth-order valence-corrected chi connectivity index (χ4v) is 1.56. The van der Waals surface area contributed by atoms with E-state index in [0.717, 1.165) is 6.20 Å². The lowest BCUT2D eigenvalue weighted by Gasteiger charge is -1.98. The molecule has 0 aliphatic heterocycles. The van der Waals surface area contributed by atoms with Crippen LogP contribution in [0.15, 0.2) is 47.0 Å². The summed E-state index contributed by atoms with van der Waals surface area (Å²) in [5.41, 5.74) is 0.245. The van der Waals surface area contributed by atoms with E-state index in [2.05, 4.69) is 0 Å². The van der Waals surface area contributed by atoms with Crippen molar-refractivity contribution in [2.45, 2.75) is 0 Å². The van der Waals surface area contributed by atoms with Gasteiger partial charge in [0.1, 0.15) is 11.5 Å². The van der Waals surface area contributed by atoms with E-state index in [1.165, 1.54) is 24.3 Å². The molecule has 0 spiro atoms. The van der Waals surface area contributed by atoms with E-state index in [0.29, 0.717) is 5.56 Å². The minimum atomic E-state index is -0.618. The first kappa shape index (κ1) is 12.5. The van der Waals surface area contributed by atoms with Gasteiger partial charge in [-0.1, -0.05) is 12.1 Å². The molecule has 1 aromatic heterocycles. The average molecular weight is 260 g/mol. The van der Waals surface area contributed by atoms with Gasteiger partial charge in [0, 0.05) is 6.07 Å². The summed E-state index contributed by atoms with van der Waals surface area (Å²) in [6, 6.07) is 9.16. The number of furan rings is 1. The highest BCUT2D eigenvalue weighted by Gasteiger charge is 2.16. The lowest BCUT2D eigenvalue weighted by atomic mass is 10.1. The lowest BCUT2D eigenvalue weighted by Crippen LogP contribution is -1.90. The molecule has 0 amide bonds. The fourth-order valence-electron chi connectivity index (χ4n) is 1.56. The van der Waals surface area contributed by atoms with Crippen molar-refractivity contribution in [3.05, 3.63) is 68.6 Å². The Hall–Kier alpha value is -2.96. The third-order valence-electron chi connectivity index (χ3n) is 2.35. The second kappa shape index (κ2) is 5.13. The van der Waals surface area contributed by atoms with Crippen LogP contribution in [0.4, 0.5) is 5.69 Å². The van der Waals surface area contributed by atoms with Crippen molar-refractivity contribution in [1.82, 2.24) is 0 Å². The van der Waals surface area contributed by atoms with Crippen LogP contribution in [0.1, 0.15) is 5.76 Å². The van der Waals surface area contributed by atoms with E-state index in [9.17, 15) is 20.2 Å². The third-order valence-corrected chi connectivity index (χ3v) is 2.35. The molecule has 0 unspecified atom stereocenters. The van der Waals surface area contributed by atoms with E-state index in [-0.39, 0.29) is 17.2 Å². The molecule has 0 aliphatic rings. The molecule has 0 aliphatic carbocycles. The van der Waals surface area contributed by atoms with Gasteiger partial charge in [-0.2, -0.15) is 0 Å². The van der Waals surface area contributed by atoms with Crippen molar-refractivity contribution < 1.29 is 14.3 Å². The van der Waals surface area contributed by atoms with Gasteiger partial charge in [-0.05, 0) is 18.2 Å². The van der Waals surface area contributed by atoms with Crippen molar-refractivity contribution >= 4 is 11.8 Å². The maximum Gasteiger partial charge on any atom is 0.280 e. The van der Waals surface area contributed by atoms with Crippen molar-refractivity contribution in [1.29, 1.82) is 0 Å². The van der Waals surface area contributed by atoms with Crippen molar-refractivity contribution in [3.8, 4) is 11.3 Å². The highest BCUT2D eigenvalue weighted by atomic mass is 16.6. The molecule has 19 heavy (non-hydrogen) atoms. The van der Waals surface area contributed by atoms with Gasteiger partial charge < -0.3 is 4.42 Å². The van der Waals surface area contributed by atoms with Gasteiger partial charge in [-0.3, -0.25) is 20.2 Å². The van der Waals surface area contributed by atoms with Gasteiger partial charge in [0.05, 0.1) is 21.5 Å². The minimum absolute atomic E-state index is 0.0818. The Morgan fingerprint density at radius 1 is 1.05 bits per heavy atom. The number of nitro groups is 2. The summed E-state index contributed by atoms with van der Waals surface area (Å²) in [5, 5.41) is 21.1. The van der Waals surface area contributed by atoms with E-state index in [1.54, 1.807) is 18.2 Å². The Morgan fingerprint density at radius 3 is 2.47 bits per heavy atom. The number of hydrogen-bond acceptors (Lipinski definition) is 5. The van der Waals surface area contributed by atoms with Gasteiger partial charge >= 0.3 is 0 Å². The quantitative estimate of drug-likeness (QED) is 0.621. The molecular formula is C12H8N2O5. The molecule has 2 rings (SSSR count). The normalized spacial score (nSPS) is 10.7. The summed E-state index contributed by atoms with van der Waals surface area (Å²) in [6.45, 7) is 0. The van der Waals surface area contributed by atoms with Gasteiger partial charge in [-0.25, -0.2) is 0 Å². The molecule has 7 heteroatoms. The van der Waals surface area contributed by atoms with Crippen LogP contribution in [0, 0.1) is 20.2 Å². The summed E-state index contributed by atoms with van der Waals surface area (Å²) < 4.78 is 5.32. The maximum atomic E-state index is 10.9. The second-order valence-electron chi connectivity index (χ2n) is 3.58. The first-order valence-electron chi connectivity index (χ1n) is 5.23. The minimum Gasteiger partial charge on any atom is -0.456 e. The number of hydrogen-bond donors (Lipinski definition) is 0. The largest absolute Gasteiger partial charge is 0.456 e.